The minimum Gasteiger partial charge on any atom is -0.490 e. The van der Waals surface area contributed by atoms with Crippen LogP contribution in [-0.2, 0) is 6.42 Å². The number of ether oxygens (including phenoxy) is 1. The Balaban J connectivity index is 1.82. The molecule has 4 rings (SSSR count). The molecule has 0 radical (unpaired) electrons. The van der Waals surface area contributed by atoms with Gasteiger partial charge in [0.15, 0.2) is 5.82 Å². The van der Waals surface area contributed by atoms with Gasteiger partial charge in [-0.05, 0) is 60.9 Å². The maximum atomic E-state index is 12.3. The fourth-order valence-electron chi connectivity index (χ4n) is 3.37. The van der Waals surface area contributed by atoms with Crippen LogP contribution in [0.4, 0.5) is 0 Å². The third-order valence-corrected chi connectivity index (χ3v) is 4.50. The van der Waals surface area contributed by atoms with E-state index in [0.29, 0.717) is 16.5 Å². The van der Waals surface area contributed by atoms with Gasteiger partial charge in [-0.2, -0.15) is 5.26 Å². The van der Waals surface area contributed by atoms with Crippen LogP contribution in [0.15, 0.2) is 41.2 Å². The van der Waals surface area contributed by atoms with Crippen molar-refractivity contribution in [2.45, 2.75) is 26.4 Å². The predicted molar refractivity (Wildman–Crippen MR) is 101 cm³/mol. The van der Waals surface area contributed by atoms with E-state index in [-0.39, 0.29) is 17.5 Å². The van der Waals surface area contributed by atoms with Crippen molar-refractivity contribution in [3.8, 4) is 11.8 Å². The number of nitriles is 1. The van der Waals surface area contributed by atoms with Crippen LogP contribution < -0.4 is 10.3 Å². The van der Waals surface area contributed by atoms with E-state index in [9.17, 15) is 10.1 Å². The number of rotatable bonds is 2. The van der Waals surface area contributed by atoms with Crippen LogP contribution in [0.5, 0.6) is 5.75 Å². The molecule has 0 saturated heterocycles. The number of aryl methyl sites for hydroxylation is 1. The quantitative estimate of drug-likeness (QED) is 0.721. The van der Waals surface area contributed by atoms with E-state index in [4.69, 9.17) is 4.74 Å². The lowest BCUT2D eigenvalue weighted by atomic mass is 10.0. The first-order valence-electron chi connectivity index (χ1n) is 8.46. The molecule has 0 aliphatic carbocycles. The molecule has 2 aromatic carbocycles. The van der Waals surface area contributed by atoms with Crippen molar-refractivity contribution in [2.24, 2.45) is 0 Å². The molecular formula is C21H17N3O2. The summed E-state index contributed by atoms with van der Waals surface area (Å²) in [6, 6.07) is 13.2. The van der Waals surface area contributed by atoms with Crippen LogP contribution in [0, 0.1) is 18.3 Å². The van der Waals surface area contributed by atoms with Crippen LogP contribution in [0.1, 0.15) is 29.4 Å². The topological polar surface area (TPSA) is 78.8 Å². The summed E-state index contributed by atoms with van der Waals surface area (Å²) in [5.41, 5.74) is 3.71. The molecule has 0 bridgehead atoms. The Morgan fingerprint density at radius 3 is 3.00 bits per heavy atom. The highest BCUT2D eigenvalue weighted by molar-refractivity contribution is 5.89. The molecule has 0 fully saturated rings. The summed E-state index contributed by atoms with van der Waals surface area (Å²) >= 11 is 0. The molecule has 1 aliphatic rings. The largest absolute Gasteiger partial charge is 0.490 e. The van der Waals surface area contributed by atoms with E-state index in [1.54, 1.807) is 24.3 Å². The van der Waals surface area contributed by atoms with Gasteiger partial charge >= 0.3 is 0 Å². The molecule has 128 valence electrons. The molecule has 1 atom stereocenters. The fourth-order valence-corrected chi connectivity index (χ4v) is 3.37. The molecule has 3 aromatic rings. The second kappa shape index (κ2) is 6.16. The first-order chi connectivity index (χ1) is 12.5. The molecule has 26 heavy (non-hydrogen) atoms. The van der Waals surface area contributed by atoms with Gasteiger partial charge in [0.05, 0.1) is 16.5 Å². The SMILES string of the molecule is Cc1cc(/C=C(\C#N)c2nc3ccccc3c(=O)[nH]2)cc2c1O[C@@H](C)C2. The second-order valence-corrected chi connectivity index (χ2v) is 6.56. The Bertz CT molecular complexity index is 1150. The molecule has 1 N–H and O–H groups in total. The molecule has 5 heteroatoms. The number of H-pyrrole nitrogens is 1. The monoisotopic (exact) mass is 343 g/mol. The lowest BCUT2D eigenvalue weighted by Crippen LogP contribution is -2.11. The lowest BCUT2D eigenvalue weighted by molar-refractivity contribution is 0.253. The molecule has 0 unspecified atom stereocenters. The van der Waals surface area contributed by atoms with Gasteiger partial charge in [0.25, 0.3) is 5.56 Å². The maximum Gasteiger partial charge on any atom is 0.259 e. The molecule has 1 aromatic heterocycles. The van der Waals surface area contributed by atoms with E-state index >= 15 is 0 Å². The van der Waals surface area contributed by atoms with Crippen LogP contribution in [0.3, 0.4) is 0 Å². The number of para-hydroxylation sites is 1. The number of nitrogens with one attached hydrogen (secondary N) is 1. The zero-order valence-corrected chi connectivity index (χ0v) is 14.5. The first-order valence-corrected chi connectivity index (χ1v) is 8.46. The van der Waals surface area contributed by atoms with Gasteiger partial charge in [-0.3, -0.25) is 4.79 Å². The number of allylic oxidation sites excluding steroid dienone is 1. The summed E-state index contributed by atoms with van der Waals surface area (Å²) in [6.45, 7) is 4.04. The average molecular weight is 343 g/mol. The zero-order valence-electron chi connectivity index (χ0n) is 14.5. The van der Waals surface area contributed by atoms with Crippen LogP contribution in [-0.4, -0.2) is 16.1 Å². The van der Waals surface area contributed by atoms with Crippen LogP contribution in [0.2, 0.25) is 0 Å². The molecule has 1 aliphatic heterocycles. The molecule has 2 heterocycles. The molecule has 0 amide bonds. The predicted octanol–water partition coefficient (Wildman–Crippen LogP) is 3.62. The summed E-state index contributed by atoms with van der Waals surface area (Å²) in [5.74, 6) is 1.21. The zero-order chi connectivity index (χ0) is 18.3. The highest BCUT2D eigenvalue weighted by Gasteiger charge is 2.21. The Morgan fingerprint density at radius 1 is 1.38 bits per heavy atom. The van der Waals surface area contributed by atoms with Crippen molar-refractivity contribution in [3.63, 3.8) is 0 Å². The van der Waals surface area contributed by atoms with E-state index < -0.39 is 0 Å². The number of nitrogens with zero attached hydrogens (tertiary/aromatic N) is 2. The number of hydrogen-bond acceptors (Lipinski definition) is 4. The van der Waals surface area contributed by atoms with Gasteiger partial charge in [-0.1, -0.05) is 12.1 Å². The van der Waals surface area contributed by atoms with Gasteiger partial charge in [0, 0.05) is 6.42 Å². The van der Waals surface area contributed by atoms with E-state index in [1.165, 1.54) is 0 Å². The van der Waals surface area contributed by atoms with E-state index in [1.807, 2.05) is 32.0 Å². The first kappa shape index (κ1) is 16.1. The van der Waals surface area contributed by atoms with Crippen LogP contribution >= 0.6 is 0 Å². The molecular weight excluding hydrogens is 326 g/mol. The molecule has 0 spiro atoms. The van der Waals surface area contributed by atoms with Crippen molar-refractivity contribution in [2.75, 3.05) is 0 Å². The number of fused-ring (bicyclic) bond motifs is 2. The van der Waals surface area contributed by atoms with Crippen molar-refractivity contribution >= 4 is 22.6 Å². The number of aromatic amines is 1. The van der Waals surface area contributed by atoms with Gasteiger partial charge in [0.1, 0.15) is 17.9 Å². The summed E-state index contributed by atoms with van der Waals surface area (Å²) in [7, 11) is 0. The lowest BCUT2D eigenvalue weighted by Gasteiger charge is -2.07. The van der Waals surface area contributed by atoms with Crippen molar-refractivity contribution in [1.29, 1.82) is 5.26 Å². The number of hydrogen-bond donors (Lipinski definition) is 1. The number of benzene rings is 2. The third kappa shape index (κ3) is 2.76. The highest BCUT2D eigenvalue weighted by Crippen LogP contribution is 2.34. The Kier molecular flexibility index (Phi) is 3.81. The Labute approximate surface area is 150 Å². The minimum absolute atomic E-state index is 0.164. The molecule has 0 saturated carbocycles. The summed E-state index contributed by atoms with van der Waals surface area (Å²) in [5, 5.41) is 10.1. The second-order valence-electron chi connectivity index (χ2n) is 6.56. The van der Waals surface area contributed by atoms with Crippen molar-refractivity contribution in [3.05, 3.63) is 69.3 Å². The molecule has 5 nitrogen and oxygen atoms in total. The number of aromatic nitrogens is 2. The van der Waals surface area contributed by atoms with Gasteiger partial charge in [-0.15, -0.1) is 0 Å². The van der Waals surface area contributed by atoms with Crippen LogP contribution in [0.25, 0.3) is 22.6 Å². The standard InChI is InChI=1S/C21H17N3O2/c1-12-7-14(9-15-8-13(2)26-19(12)15)10-16(11-22)20-23-18-6-4-3-5-17(18)21(25)24-20/h3-7,9-10,13H,8H2,1-2H3,(H,23,24,25)/b16-10+/t13-/m0/s1. The van der Waals surface area contributed by atoms with Crippen molar-refractivity contribution < 1.29 is 4.74 Å². The van der Waals surface area contributed by atoms with Gasteiger partial charge in [0.2, 0.25) is 0 Å². The minimum atomic E-state index is -0.251. The van der Waals surface area contributed by atoms with Crippen molar-refractivity contribution in [1.82, 2.24) is 9.97 Å². The van der Waals surface area contributed by atoms with Gasteiger partial charge < -0.3 is 9.72 Å². The summed E-state index contributed by atoms with van der Waals surface area (Å²) < 4.78 is 5.83. The normalized spacial score (nSPS) is 16.2. The summed E-state index contributed by atoms with van der Waals surface area (Å²) in [6.07, 6.45) is 2.77. The third-order valence-electron chi connectivity index (χ3n) is 4.50. The van der Waals surface area contributed by atoms with Gasteiger partial charge in [-0.25, -0.2) is 4.98 Å². The highest BCUT2D eigenvalue weighted by atomic mass is 16.5. The van der Waals surface area contributed by atoms with E-state index in [0.717, 1.165) is 28.9 Å². The smallest absolute Gasteiger partial charge is 0.259 e. The average Bonchev–Trinajstić information content (AvgIpc) is 3.00. The summed E-state index contributed by atoms with van der Waals surface area (Å²) in [4.78, 5) is 19.4. The maximum absolute atomic E-state index is 12.3. The Morgan fingerprint density at radius 2 is 2.19 bits per heavy atom. The Hall–Kier alpha value is -3.39. The van der Waals surface area contributed by atoms with E-state index in [2.05, 4.69) is 16.0 Å². The fraction of sp³-hybridized carbons (Fsp3) is 0.190.